The van der Waals surface area contributed by atoms with Gasteiger partial charge in [0.15, 0.2) is 5.82 Å². The van der Waals surface area contributed by atoms with Gasteiger partial charge in [-0.3, -0.25) is 19.7 Å². The second kappa shape index (κ2) is 18.7. The number of nitro groups is 1. The maximum absolute atomic E-state index is 13.7. The Hall–Kier alpha value is -4.99. The molecule has 0 unspecified atom stereocenters. The molecule has 4 aromatic carbocycles. The van der Waals surface area contributed by atoms with Crippen LogP contribution >= 0.6 is 23.4 Å². The highest BCUT2D eigenvalue weighted by molar-refractivity contribution is 8.03. The summed E-state index contributed by atoms with van der Waals surface area (Å²) in [5.74, 6) is 0.760. The molecular formula is C43H47ClN8O4S2. The minimum absolute atomic E-state index is 0.0470. The first-order valence-corrected chi connectivity index (χ1v) is 22.1. The maximum Gasteiger partial charge on any atom is 0.293 e. The Morgan fingerprint density at radius 3 is 2.53 bits per heavy atom. The SMILES string of the molecule is CN(C)CC[C@H](CSC1=CC=CCC1)Nc1ccc(S(=O)(=O)Nc2nncc3cc(N4CCN(Cc5ccccc5-c5ccc(Cl)cc5)CC4)ccc23)cc1[N+](=O)[O-]. The Balaban J connectivity index is 1.02. The predicted octanol–water partition coefficient (Wildman–Crippen LogP) is 8.68. The summed E-state index contributed by atoms with van der Waals surface area (Å²) >= 11 is 7.88. The average molecular weight is 839 g/mol. The summed E-state index contributed by atoms with van der Waals surface area (Å²) < 4.78 is 30.0. The van der Waals surface area contributed by atoms with Crippen molar-refractivity contribution in [3.63, 3.8) is 0 Å². The molecule has 0 bridgehead atoms. The molecule has 1 aliphatic heterocycles. The van der Waals surface area contributed by atoms with E-state index in [1.54, 1.807) is 18.0 Å². The van der Waals surface area contributed by atoms with Crippen LogP contribution < -0.4 is 14.9 Å². The first-order chi connectivity index (χ1) is 28.0. The summed E-state index contributed by atoms with van der Waals surface area (Å²) in [7, 11) is -0.294. The van der Waals surface area contributed by atoms with E-state index in [0.717, 1.165) is 81.2 Å². The highest BCUT2D eigenvalue weighted by Gasteiger charge is 2.25. The number of nitrogens with one attached hydrogen (secondary N) is 2. The van der Waals surface area contributed by atoms with Crippen LogP contribution in [0.25, 0.3) is 21.9 Å². The second-order valence-electron chi connectivity index (χ2n) is 14.8. The molecule has 1 saturated heterocycles. The third-order valence-electron chi connectivity index (χ3n) is 10.4. The molecule has 1 aliphatic carbocycles. The predicted molar refractivity (Wildman–Crippen MR) is 237 cm³/mol. The number of allylic oxidation sites excluding steroid dienone is 4. The number of hydrogen-bond acceptors (Lipinski definition) is 11. The van der Waals surface area contributed by atoms with Crippen LogP contribution in [-0.2, 0) is 16.6 Å². The van der Waals surface area contributed by atoms with Gasteiger partial charge in [-0.05, 0) is 104 Å². The molecule has 2 heterocycles. The largest absolute Gasteiger partial charge is 0.376 e. The van der Waals surface area contributed by atoms with Crippen LogP contribution in [0.1, 0.15) is 24.8 Å². The van der Waals surface area contributed by atoms with Gasteiger partial charge in [0.1, 0.15) is 5.69 Å². The molecule has 15 heteroatoms. The molecule has 0 spiro atoms. The normalized spacial score (nSPS) is 15.4. The van der Waals surface area contributed by atoms with Crippen molar-refractivity contribution in [1.82, 2.24) is 20.0 Å². The number of nitro benzene ring substituents is 1. The van der Waals surface area contributed by atoms with Crippen molar-refractivity contribution >= 4 is 67.0 Å². The number of halogens is 1. The molecule has 0 radical (unpaired) electrons. The third kappa shape index (κ3) is 10.4. The Labute approximate surface area is 349 Å². The second-order valence-corrected chi connectivity index (χ2v) is 18.0. The van der Waals surface area contributed by atoms with Crippen molar-refractivity contribution in [2.45, 2.75) is 36.7 Å². The molecule has 7 rings (SSSR count). The van der Waals surface area contributed by atoms with Gasteiger partial charge in [0, 0.05) is 72.1 Å². The molecule has 0 amide bonds. The van der Waals surface area contributed by atoms with Crippen LogP contribution in [0.2, 0.25) is 5.02 Å². The fourth-order valence-corrected chi connectivity index (χ4v) is 9.46. The lowest BCUT2D eigenvalue weighted by atomic mass is 9.99. The van der Waals surface area contributed by atoms with Crippen LogP contribution in [0.4, 0.5) is 22.9 Å². The topological polar surface area (TPSA) is 137 Å². The van der Waals surface area contributed by atoms with Gasteiger partial charge in [-0.25, -0.2) is 8.42 Å². The van der Waals surface area contributed by atoms with Crippen LogP contribution in [0, 0.1) is 10.1 Å². The third-order valence-corrected chi connectivity index (χ3v) is 13.3. The molecule has 58 heavy (non-hydrogen) atoms. The van der Waals surface area contributed by atoms with E-state index < -0.39 is 14.9 Å². The van der Waals surface area contributed by atoms with Gasteiger partial charge in [0.25, 0.3) is 15.7 Å². The maximum atomic E-state index is 13.7. The highest BCUT2D eigenvalue weighted by atomic mass is 35.5. The van der Waals surface area contributed by atoms with Crippen LogP contribution in [-0.4, -0.2) is 92.0 Å². The van der Waals surface area contributed by atoms with E-state index in [2.05, 4.69) is 89.6 Å². The summed E-state index contributed by atoms with van der Waals surface area (Å²) in [4.78, 5) is 19.6. The quantitative estimate of drug-likeness (QED) is 0.0730. The van der Waals surface area contributed by atoms with Gasteiger partial charge in [0.2, 0.25) is 0 Å². The summed E-state index contributed by atoms with van der Waals surface area (Å²) in [5, 5.41) is 25.9. The molecule has 1 fully saturated rings. The molecule has 12 nitrogen and oxygen atoms in total. The Bertz CT molecular complexity index is 2420. The smallest absolute Gasteiger partial charge is 0.293 e. The van der Waals surface area contributed by atoms with Gasteiger partial charge in [0.05, 0.1) is 16.0 Å². The summed E-state index contributed by atoms with van der Waals surface area (Å²) in [6.07, 6.45) is 10.6. The zero-order valence-electron chi connectivity index (χ0n) is 32.6. The van der Waals surface area contributed by atoms with Gasteiger partial charge < -0.3 is 15.1 Å². The van der Waals surface area contributed by atoms with Crippen LogP contribution in [0.15, 0.2) is 119 Å². The van der Waals surface area contributed by atoms with Crippen molar-refractivity contribution in [2.24, 2.45) is 0 Å². The van der Waals surface area contributed by atoms with Crippen molar-refractivity contribution in [3.8, 4) is 11.1 Å². The number of nitrogens with zero attached hydrogens (tertiary/aromatic N) is 6. The number of thioether (sulfide) groups is 1. The first kappa shape index (κ1) is 41.2. The number of anilines is 3. The van der Waals surface area contributed by atoms with Crippen molar-refractivity contribution in [2.75, 3.05) is 67.5 Å². The summed E-state index contributed by atoms with van der Waals surface area (Å²) in [5.41, 5.74) is 4.56. The van der Waals surface area contributed by atoms with E-state index in [0.29, 0.717) is 16.2 Å². The van der Waals surface area contributed by atoms with E-state index >= 15 is 0 Å². The van der Waals surface area contributed by atoms with Gasteiger partial charge >= 0.3 is 0 Å². The molecule has 302 valence electrons. The van der Waals surface area contributed by atoms with E-state index in [9.17, 15) is 18.5 Å². The number of piperazine rings is 1. The van der Waals surface area contributed by atoms with Gasteiger partial charge in [-0.1, -0.05) is 66.2 Å². The molecule has 1 aromatic heterocycles. The van der Waals surface area contributed by atoms with Gasteiger partial charge in [-0.2, -0.15) is 5.10 Å². The molecule has 5 aromatic rings. The lowest BCUT2D eigenvalue weighted by Gasteiger charge is -2.36. The summed E-state index contributed by atoms with van der Waals surface area (Å²) in [6, 6.07) is 26.1. The highest BCUT2D eigenvalue weighted by Crippen LogP contribution is 2.33. The minimum atomic E-state index is -4.27. The lowest BCUT2D eigenvalue weighted by Crippen LogP contribution is -2.46. The Morgan fingerprint density at radius 2 is 1.79 bits per heavy atom. The van der Waals surface area contributed by atoms with Crippen molar-refractivity contribution in [3.05, 3.63) is 135 Å². The average Bonchev–Trinajstić information content (AvgIpc) is 3.23. The van der Waals surface area contributed by atoms with Crippen LogP contribution in [0.5, 0.6) is 0 Å². The van der Waals surface area contributed by atoms with Gasteiger partial charge in [-0.15, -0.1) is 16.9 Å². The molecule has 2 aliphatic rings. The van der Waals surface area contributed by atoms with Crippen molar-refractivity contribution < 1.29 is 13.3 Å². The fraction of sp³-hybridized carbons (Fsp3) is 0.302. The number of fused-ring (bicyclic) bond motifs is 1. The number of aromatic nitrogens is 2. The minimum Gasteiger partial charge on any atom is -0.376 e. The summed E-state index contributed by atoms with van der Waals surface area (Å²) in [6.45, 7) is 5.01. The standard InChI is InChI=1S/C43H47ClN8O4S2/c1-49(2)21-20-35(30-57-37-9-4-3-5-10-37)46-41-19-17-38(27-42(41)52(53)54)58(55,56)48-43-40-18-16-36(26-33(40)28-45-47-43)51-24-22-50(23-25-51)29-32-8-6-7-11-39(32)31-12-14-34(44)15-13-31/h3-4,6-9,11-19,26-28,35,46H,5,10,20-25,29-30H2,1-2H3,(H,47,48)/t35-/m1/s1. The molecule has 0 saturated carbocycles. The first-order valence-electron chi connectivity index (χ1n) is 19.3. The van der Waals surface area contributed by atoms with E-state index in [-0.39, 0.29) is 28.1 Å². The lowest BCUT2D eigenvalue weighted by molar-refractivity contribution is -0.384. The molecule has 1 atom stereocenters. The number of hydrogen-bond donors (Lipinski definition) is 2. The van der Waals surface area contributed by atoms with E-state index in [1.165, 1.54) is 28.2 Å². The van der Waals surface area contributed by atoms with Crippen molar-refractivity contribution in [1.29, 1.82) is 0 Å². The number of benzene rings is 4. The van der Waals surface area contributed by atoms with Crippen LogP contribution in [0.3, 0.4) is 0 Å². The zero-order valence-corrected chi connectivity index (χ0v) is 34.9. The molecular weight excluding hydrogens is 792 g/mol. The molecule has 2 N–H and O–H groups in total. The number of rotatable bonds is 16. The van der Waals surface area contributed by atoms with E-state index in [1.807, 2.05) is 44.4 Å². The Morgan fingerprint density at radius 1 is 1.00 bits per heavy atom. The number of sulfonamides is 1. The fourth-order valence-electron chi connectivity index (χ4n) is 7.20. The van der Waals surface area contributed by atoms with E-state index in [4.69, 9.17) is 11.6 Å². The zero-order chi connectivity index (χ0) is 40.6. The Kier molecular flexibility index (Phi) is 13.3. The monoisotopic (exact) mass is 838 g/mol.